The molecule has 1 fully saturated rings. The number of anilines is 1. The smallest absolute Gasteiger partial charge is 0.340 e. The van der Waals surface area contributed by atoms with Crippen molar-refractivity contribution in [2.45, 2.75) is 13.0 Å². The van der Waals surface area contributed by atoms with Gasteiger partial charge in [-0.2, -0.15) is 0 Å². The Bertz CT molecular complexity index is 1420. The summed E-state index contributed by atoms with van der Waals surface area (Å²) >= 11 is 6.62. The van der Waals surface area contributed by atoms with Gasteiger partial charge in [0.05, 0.1) is 12.0 Å². The predicted octanol–water partition coefficient (Wildman–Crippen LogP) is 4.46. The Morgan fingerprint density at radius 3 is 2.51 bits per heavy atom. The molecular formula is C27H24ClN3O4. The van der Waals surface area contributed by atoms with Gasteiger partial charge in [0.1, 0.15) is 5.58 Å². The average molecular weight is 490 g/mol. The lowest BCUT2D eigenvalue weighted by molar-refractivity contribution is -0.136. The second kappa shape index (κ2) is 9.90. The number of fused-ring (bicyclic) bond motifs is 1. The molecule has 0 atom stereocenters. The van der Waals surface area contributed by atoms with Crippen molar-refractivity contribution in [3.05, 3.63) is 93.6 Å². The summed E-state index contributed by atoms with van der Waals surface area (Å²) in [6.07, 6.45) is 2.81. The molecule has 5 rings (SSSR count). The number of para-hydroxylation sites is 1. The summed E-state index contributed by atoms with van der Waals surface area (Å²) in [5, 5.41) is 10.6. The molecule has 0 bridgehead atoms. The SMILES string of the molecule is O=C(O)Cc1c(-c2cccnc2)c2cc(CN3CCN(c4ccccc4)CC3)c(Cl)cc2oc1=O. The van der Waals surface area contributed by atoms with E-state index in [0.29, 0.717) is 33.7 Å². The van der Waals surface area contributed by atoms with Crippen LogP contribution < -0.4 is 10.5 Å². The van der Waals surface area contributed by atoms with Crippen molar-refractivity contribution < 1.29 is 14.3 Å². The lowest BCUT2D eigenvalue weighted by Crippen LogP contribution is -2.46. The molecule has 178 valence electrons. The number of nitrogens with zero attached hydrogens (tertiary/aromatic N) is 3. The van der Waals surface area contributed by atoms with Gasteiger partial charge >= 0.3 is 11.6 Å². The number of carbonyl (C=O) groups is 1. The van der Waals surface area contributed by atoms with Gasteiger partial charge in [0.25, 0.3) is 0 Å². The molecule has 0 radical (unpaired) electrons. The summed E-state index contributed by atoms with van der Waals surface area (Å²) < 4.78 is 5.50. The fourth-order valence-corrected chi connectivity index (χ4v) is 4.84. The van der Waals surface area contributed by atoms with E-state index in [-0.39, 0.29) is 5.56 Å². The second-order valence-electron chi connectivity index (χ2n) is 8.59. The number of hydrogen-bond donors (Lipinski definition) is 1. The molecule has 4 aromatic rings. The number of pyridine rings is 1. The van der Waals surface area contributed by atoms with Crippen LogP contribution in [-0.4, -0.2) is 47.1 Å². The van der Waals surface area contributed by atoms with Gasteiger partial charge in [0.15, 0.2) is 0 Å². The maximum absolute atomic E-state index is 12.7. The Balaban J connectivity index is 1.49. The van der Waals surface area contributed by atoms with Gasteiger partial charge in [-0.15, -0.1) is 0 Å². The van der Waals surface area contributed by atoms with E-state index in [4.69, 9.17) is 16.0 Å². The second-order valence-corrected chi connectivity index (χ2v) is 9.00. The minimum atomic E-state index is -1.10. The van der Waals surface area contributed by atoms with E-state index >= 15 is 0 Å². The largest absolute Gasteiger partial charge is 0.481 e. The number of piperazine rings is 1. The third kappa shape index (κ3) is 4.92. The Morgan fingerprint density at radius 1 is 1.06 bits per heavy atom. The molecule has 1 aliphatic heterocycles. The van der Waals surface area contributed by atoms with E-state index in [1.807, 2.05) is 30.3 Å². The Morgan fingerprint density at radius 2 is 1.83 bits per heavy atom. The van der Waals surface area contributed by atoms with Gasteiger partial charge in [-0.1, -0.05) is 35.9 Å². The average Bonchev–Trinajstić information content (AvgIpc) is 2.87. The first-order chi connectivity index (χ1) is 17.0. The molecular weight excluding hydrogens is 466 g/mol. The number of benzene rings is 2. The minimum Gasteiger partial charge on any atom is -0.481 e. The van der Waals surface area contributed by atoms with Gasteiger partial charge in [-0.25, -0.2) is 4.79 Å². The first kappa shape index (κ1) is 23.1. The summed E-state index contributed by atoms with van der Waals surface area (Å²) in [7, 11) is 0. The van der Waals surface area contributed by atoms with Crippen LogP contribution in [0.1, 0.15) is 11.1 Å². The number of hydrogen-bond acceptors (Lipinski definition) is 6. The number of aliphatic carboxylic acids is 1. The Hall–Kier alpha value is -3.68. The molecule has 35 heavy (non-hydrogen) atoms. The summed E-state index contributed by atoms with van der Waals surface area (Å²) in [5.41, 5.74) is 3.04. The third-order valence-electron chi connectivity index (χ3n) is 6.33. The number of carboxylic acids is 1. The van der Waals surface area contributed by atoms with Crippen molar-refractivity contribution >= 4 is 34.2 Å². The summed E-state index contributed by atoms with van der Waals surface area (Å²) in [6.45, 7) is 4.22. The standard InChI is InChI=1S/C27H24ClN3O4/c28-23-15-24-21(26(18-5-4-8-29-16-18)22(14-25(32)33)27(34)35-24)13-19(23)17-30-9-11-31(12-10-30)20-6-2-1-3-7-20/h1-8,13,15-16H,9-12,14,17H2,(H,32,33). The molecule has 0 unspecified atom stereocenters. The highest BCUT2D eigenvalue weighted by Gasteiger charge is 2.22. The van der Waals surface area contributed by atoms with Crippen molar-refractivity contribution in [1.82, 2.24) is 9.88 Å². The highest BCUT2D eigenvalue weighted by molar-refractivity contribution is 6.32. The maximum atomic E-state index is 12.7. The Labute approximate surface area is 207 Å². The molecule has 0 aliphatic carbocycles. The zero-order valence-electron chi connectivity index (χ0n) is 19.0. The fraction of sp³-hybridized carbons (Fsp3) is 0.222. The van der Waals surface area contributed by atoms with Crippen molar-refractivity contribution in [1.29, 1.82) is 0 Å². The Kier molecular flexibility index (Phi) is 6.53. The van der Waals surface area contributed by atoms with Gasteiger partial charge < -0.3 is 14.4 Å². The van der Waals surface area contributed by atoms with Crippen molar-refractivity contribution in [3.8, 4) is 11.1 Å². The molecule has 2 aromatic carbocycles. The van der Waals surface area contributed by atoms with Crippen LogP contribution in [0, 0.1) is 0 Å². The number of aromatic nitrogens is 1. The van der Waals surface area contributed by atoms with Crippen LogP contribution in [0.2, 0.25) is 5.02 Å². The van der Waals surface area contributed by atoms with Crippen LogP contribution >= 0.6 is 11.6 Å². The lowest BCUT2D eigenvalue weighted by Gasteiger charge is -2.36. The fourth-order valence-electron chi connectivity index (χ4n) is 4.62. The number of carboxylic acid groups (broad SMARTS) is 1. The zero-order valence-corrected chi connectivity index (χ0v) is 19.7. The predicted molar refractivity (Wildman–Crippen MR) is 136 cm³/mol. The topological polar surface area (TPSA) is 86.9 Å². The first-order valence-corrected chi connectivity index (χ1v) is 11.8. The zero-order chi connectivity index (χ0) is 24.4. The van der Waals surface area contributed by atoms with E-state index in [9.17, 15) is 14.7 Å². The highest BCUT2D eigenvalue weighted by atomic mass is 35.5. The monoisotopic (exact) mass is 489 g/mol. The summed E-state index contributed by atoms with van der Waals surface area (Å²) in [5.74, 6) is -1.10. The van der Waals surface area contributed by atoms with E-state index in [1.54, 1.807) is 24.5 Å². The minimum absolute atomic E-state index is 0.0998. The van der Waals surface area contributed by atoms with E-state index in [2.05, 4.69) is 26.9 Å². The van der Waals surface area contributed by atoms with Crippen LogP contribution in [0.3, 0.4) is 0 Å². The van der Waals surface area contributed by atoms with Gasteiger partial charge in [0.2, 0.25) is 0 Å². The molecule has 1 saturated heterocycles. The maximum Gasteiger partial charge on any atom is 0.340 e. The number of rotatable bonds is 6. The lowest BCUT2D eigenvalue weighted by atomic mass is 9.95. The van der Waals surface area contributed by atoms with Gasteiger partial charge in [-0.05, 0) is 29.8 Å². The molecule has 7 nitrogen and oxygen atoms in total. The van der Waals surface area contributed by atoms with Crippen molar-refractivity contribution in [3.63, 3.8) is 0 Å². The van der Waals surface area contributed by atoms with E-state index in [1.165, 1.54) is 5.69 Å². The molecule has 0 spiro atoms. The molecule has 3 heterocycles. The summed E-state index contributed by atoms with van der Waals surface area (Å²) in [6, 6.07) is 17.5. The molecule has 8 heteroatoms. The van der Waals surface area contributed by atoms with E-state index in [0.717, 1.165) is 31.7 Å². The molecule has 0 amide bonds. The van der Waals surface area contributed by atoms with Gasteiger partial charge in [0, 0.05) is 78.4 Å². The van der Waals surface area contributed by atoms with Crippen LogP contribution in [0.25, 0.3) is 22.1 Å². The van der Waals surface area contributed by atoms with Crippen molar-refractivity contribution in [2.24, 2.45) is 0 Å². The molecule has 1 aliphatic rings. The normalized spacial score (nSPS) is 14.4. The molecule has 1 N–H and O–H groups in total. The molecule has 0 saturated carbocycles. The van der Waals surface area contributed by atoms with Crippen molar-refractivity contribution in [2.75, 3.05) is 31.1 Å². The van der Waals surface area contributed by atoms with Crippen LogP contribution in [-0.2, 0) is 17.8 Å². The first-order valence-electron chi connectivity index (χ1n) is 11.4. The number of halogens is 1. The summed E-state index contributed by atoms with van der Waals surface area (Å²) in [4.78, 5) is 33.1. The van der Waals surface area contributed by atoms with Crippen LogP contribution in [0.5, 0.6) is 0 Å². The van der Waals surface area contributed by atoms with E-state index < -0.39 is 18.0 Å². The van der Waals surface area contributed by atoms with Crippen LogP contribution in [0.15, 0.2) is 76.2 Å². The molecule has 2 aromatic heterocycles. The van der Waals surface area contributed by atoms with Crippen LogP contribution in [0.4, 0.5) is 5.69 Å². The highest BCUT2D eigenvalue weighted by Crippen LogP contribution is 2.34. The third-order valence-corrected chi connectivity index (χ3v) is 6.69. The van der Waals surface area contributed by atoms with Gasteiger partial charge in [-0.3, -0.25) is 14.7 Å². The quantitative estimate of drug-likeness (QED) is 0.400.